The molecule has 1 aromatic carbocycles. The Bertz CT molecular complexity index is 457. The highest BCUT2D eigenvalue weighted by Crippen LogP contribution is 2.30. The topological polar surface area (TPSA) is 69.4 Å². The third kappa shape index (κ3) is 3.40. The maximum absolute atomic E-state index is 11.4. The summed E-state index contributed by atoms with van der Waals surface area (Å²) in [4.78, 5) is 0.967. The molecule has 0 saturated heterocycles. The van der Waals surface area contributed by atoms with Gasteiger partial charge in [-0.25, -0.2) is 8.42 Å². The second-order valence-corrected chi connectivity index (χ2v) is 6.40. The van der Waals surface area contributed by atoms with Crippen molar-refractivity contribution in [3.05, 3.63) is 18.2 Å². The van der Waals surface area contributed by atoms with Crippen LogP contribution in [0.2, 0.25) is 0 Å². The van der Waals surface area contributed by atoms with Gasteiger partial charge in [-0.05, 0) is 12.1 Å². The van der Waals surface area contributed by atoms with Crippen LogP contribution in [0.15, 0.2) is 28.0 Å². The standard InChI is InChI=1S/C10H15NO3S2/c1-14-6-7-15-8-4-3-5-9(10(8)11)16(2,12)13/h3-5H,6-7,11H2,1-2H3. The monoisotopic (exact) mass is 261 g/mol. The molecule has 0 amide bonds. The number of methoxy groups -OCH3 is 1. The molecule has 0 aromatic heterocycles. The van der Waals surface area contributed by atoms with E-state index in [1.165, 1.54) is 17.8 Å². The Morgan fingerprint density at radius 2 is 2.12 bits per heavy atom. The molecule has 1 aromatic rings. The lowest BCUT2D eigenvalue weighted by atomic mass is 10.3. The van der Waals surface area contributed by atoms with E-state index in [4.69, 9.17) is 10.5 Å². The van der Waals surface area contributed by atoms with Crippen molar-refractivity contribution in [1.82, 2.24) is 0 Å². The first-order valence-electron chi connectivity index (χ1n) is 4.67. The maximum Gasteiger partial charge on any atom is 0.177 e. The highest BCUT2D eigenvalue weighted by molar-refractivity contribution is 7.99. The van der Waals surface area contributed by atoms with E-state index in [9.17, 15) is 8.42 Å². The van der Waals surface area contributed by atoms with E-state index in [0.29, 0.717) is 12.3 Å². The van der Waals surface area contributed by atoms with Crippen LogP contribution >= 0.6 is 11.8 Å². The third-order valence-corrected chi connectivity index (χ3v) is 4.16. The lowest BCUT2D eigenvalue weighted by Crippen LogP contribution is -2.03. The molecule has 2 N–H and O–H groups in total. The first-order chi connectivity index (χ1) is 7.46. The molecule has 0 radical (unpaired) electrons. The molecule has 1 rings (SSSR count). The Balaban J connectivity index is 2.96. The summed E-state index contributed by atoms with van der Waals surface area (Å²) in [5, 5.41) is 0. The van der Waals surface area contributed by atoms with Crippen molar-refractivity contribution in [3.8, 4) is 0 Å². The van der Waals surface area contributed by atoms with Crippen molar-refractivity contribution in [2.75, 3.05) is 31.5 Å². The summed E-state index contributed by atoms with van der Waals surface area (Å²) >= 11 is 1.49. The smallest absolute Gasteiger partial charge is 0.177 e. The van der Waals surface area contributed by atoms with Gasteiger partial charge >= 0.3 is 0 Å². The number of para-hydroxylation sites is 1. The fourth-order valence-electron chi connectivity index (χ4n) is 1.21. The normalized spacial score (nSPS) is 11.6. The van der Waals surface area contributed by atoms with Crippen LogP contribution in [0.3, 0.4) is 0 Å². The van der Waals surface area contributed by atoms with Crippen LogP contribution in [0.4, 0.5) is 5.69 Å². The first kappa shape index (κ1) is 13.3. The van der Waals surface area contributed by atoms with Crippen LogP contribution in [0, 0.1) is 0 Å². The predicted octanol–water partition coefficient (Wildman–Crippen LogP) is 1.41. The molecule has 6 heteroatoms. The molecule has 0 aliphatic rings. The fourth-order valence-corrected chi connectivity index (χ4v) is 3.02. The SMILES string of the molecule is COCCSc1cccc(S(C)(=O)=O)c1N. The summed E-state index contributed by atoms with van der Waals surface area (Å²) in [6.45, 7) is 0.604. The van der Waals surface area contributed by atoms with Gasteiger partial charge in [-0.3, -0.25) is 0 Å². The van der Waals surface area contributed by atoms with Crippen LogP contribution in [0.1, 0.15) is 0 Å². The van der Waals surface area contributed by atoms with E-state index in [1.54, 1.807) is 13.2 Å². The second-order valence-electron chi connectivity index (χ2n) is 3.28. The Morgan fingerprint density at radius 3 is 2.69 bits per heavy atom. The van der Waals surface area contributed by atoms with Gasteiger partial charge in [0.1, 0.15) is 0 Å². The highest BCUT2D eigenvalue weighted by atomic mass is 32.2. The number of ether oxygens (including phenoxy) is 1. The highest BCUT2D eigenvalue weighted by Gasteiger charge is 2.13. The number of hydrogen-bond donors (Lipinski definition) is 1. The van der Waals surface area contributed by atoms with Gasteiger partial charge in [0.15, 0.2) is 9.84 Å². The first-order valence-corrected chi connectivity index (χ1v) is 7.55. The maximum atomic E-state index is 11.4. The summed E-state index contributed by atoms with van der Waals surface area (Å²) in [7, 11) is -1.63. The Kier molecular flexibility index (Phi) is 4.64. The molecular formula is C10H15NO3S2. The minimum atomic E-state index is -3.26. The van der Waals surface area contributed by atoms with E-state index in [1.807, 2.05) is 6.07 Å². The Hall–Kier alpha value is -0.720. The van der Waals surface area contributed by atoms with Crippen LogP contribution < -0.4 is 5.73 Å². The van der Waals surface area contributed by atoms with E-state index in [0.717, 1.165) is 16.9 Å². The average Bonchev–Trinajstić information content (AvgIpc) is 2.19. The zero-order chi connectivity index (χ0) is 12.2. The fraction of sp³-hybridized carbons (Fsp3) is 0.400. The molecule has 0 spiro atoms. The van der Waals surface area contributed by atoms with Gasteiger partial charge in [0, 0.05) is 24.0 Å². The Labute approximate surface area is 100 Å². The summed E-state index contributed by atoms with van der Waals surface area (Å²) in [6, 6.07) is 5.03. The third-order valence-electron chi connectivity index (χ3n) is 1.97. The average molecular weight is 261 g/mol. The lowest BCUT2D eigenvalue weighted by molar-refractivity contribution is 0.218. The lowest BCUT2D eigenvalue weighted by Gasteiger charge is -2.08. The quantitative estimate of drug-likeness (QED) is 0.493. The summed E-state index contributed by atoms with van der Waals surface area (Å²) in [5.41, 5.74) is 6.14. The van der Waals surface area contributed by atoms with Crippen molar-refractivity contribution in [1.29, 1.82) is 0 Å². The minimum absolute atomic E-state index is 0.190. The molecule has 0 saturated carbocycles. The summed E-state index contributed by atoms with van der Waals surface area (Å²) < 4.78 is 27.8. The van der Waals surface area contributed by atoms with Crippen molar-refractivity contribution in [2.45, 2.75) is 9.79 Å². The van der Waals surface area contributed by atoms with E-state index in [-0.39, 0.29) is 4.90 Å². The summed E-state index contributed by atoms with van der Waals surface area (Å²) in [5.74, 6) is 0.744. The molecule has 0 atom stereocenters. The largest absolute Gasteiger partial charge is 0.397 e. The zero-order valence-electron chi connectivity index (χ0n) is 9.26. The van der Waals surface area contributed by atoms with Gasteiger partial charge in [0.25, 0.3) is 0 Å². The van der Waals surface area contributed by atoms with E-state index < -0.39 is 9.84 Å². The van der Waals surface area contributed by atoms with Crippen molar-refractivity contribution >= 4 is 27.3 Å². The number of nitrogen functional groups attached to an aromatic ring is 1. The molecule has 0 aliphatic carbocycles. The number of sulfone groups is 1. The number of benzene rings is 1. The minimum Gasteiger partial charge on any atom is -0.397 e. The van der Waals surface area contributed by atoms with Gasteiger partial charge in [-0.15, -0.1) is 11.8 Å². The van der Waals surface area contributed by atoms with Crippen LogP contribution in [-0.2, 0) is 14.6 Å². The molecule has 16 heavy (non-hydrogen) atoms. The van der Waals surface area contributed by atoms with Gasteiger partial charge in [-0.1, -0.05) is 6.07 Å². The van der Waals surface area contributed by atoms with Crippen molar-refractivity contribution < 1.29 is 13.2 Å². The molecular weight excluding hydrogens is 246 g/mol. The molecule has 4 nitrogen and oxygen atoms in total. The second kappa shape index (κ2) is 5.56. The Morgan fingerprint density at radius 1 is 1.44 bits per heavy atom. The number of rotatable bonds is 5. The van der Waals surface area contributed by atoms with Crippen LogP contribution in [-0.4, -0.2) is 34.1 Å². The molecule has 0 fully saturated rings. The molecule has 90 valence electrons. The zero-order valence-corrected chi connectivity index (χ0v) is 10.9. The molecule has 0 bridgehead atoms. The summed E-state index contributed by atoms with van der Waals surface area (Å²) in [6.07, 6.45) is 1.16. The van der Waals surface area contributed by atoms with Gasteiger partial charge in [-0.2, -0.15) is 0 Å². The molecule has 0 unspecified atom stereocenters. The van der Waals surface area contributed by atoms with Gasteiger partial charge < -0.3 is 10.5 Å². The number of hydrogen-bond acceptors (Lipinski definition) is 5. The van der Waals surface area contributed by atoms with Crippen LogP contribution in [0.25, 0.3) is 0 Å². The molecule has 0 aliphatic heterocycles. The number of anilines is 1. The number of nitrogens with two attached hydrogens (primary N) is 1. The van der Waals surface area contributed by atoms with E-state index >= 15 is 0 Å². The van der Waals surface area contributed by atoms with E-state index in [2.05, 4.69) is 0 Å². The predicted molar refractivity (Wildman–Crippen MR) is 66.6 cm³/mol. The van der Waals surface area contributed by atoms with Crippen LogP contribution in [0.5, 0.6) is 0 Å². The van der Waals surface area contributed by atoms with Gasteiger partial charge in [0.05, 0.1) is 17.2 Å². The van der Waals surface area contributed by atoms with Gasteiger partial charge in [0.2, 0.25) is 0 Å². The molecule has 0 heterocycles. The number of thioether (sulfide) groups is 1. The van der Waals surface area contributed by atoms with Crippen molar-refractivity contribution in [2.24, 2.45) is 0 Å². The van der Waals surface area contributed by atoms with Crippen molar-refractivity contribution in [3.63, 3.8) is 0 Å².